The van der Waals surface area contributed by atoms with Crippen molar-refractivity contribution in [3.8, 4) is 23.0 Å². The first-order valence-corrected chi connectivity index (χ1v) is 4.71. The Hall–Kier alpha value is -2.30. The van der Waals surface area contributed by atoms with E-state index in [1.807, 2.05) is 0 Å². The maximum Gasteiger partial charge on any atom is 0.198 e. The quantitative estimate of drug-likeness (QED) is 0.844. The summed E-state index contributed by atoms with van der Waals surface area (Å²) in [5.74, 6) is -2.94. The standard InChI is InChI=1S/C12H8F2O3/c13-10-5-8(16)6-11(14)12(10)17-9-3-1-7(15)2-4-9/h1-6,15-16H. The van der Waals surface area contributed by atoms with Gasteiger partial charge in [0.25, 0.3) is 0 Å². The zero-order chi connectivity index (χ0) is 12.4. The van der Waals surface area contributed by atoms with Crippen molar-refractivity contribution in [1.82, 2.24) is 0 Å². The predicted molar refractivity (Wildman–Crippen MR) is 56.2 cm³/mol. The average molecular weight is 238 g/mol. The number of aromatic hydroxyl groups is 2. The molecule has 0 aliphatic heterocycles. The van der Waals surface area contributed by atoms with E-state index in [1.54, 1.807) is 0 Å². The van der Waals surface area contributed by atoms with Crippen molar-refractivity contribution in [2.45, 2.75) is 0 Å². The molecule has 17 heavy (non-hydrogen) atoms. The van der Waals surface area contributed by atoms with Gasteiger partial charge in [-0.15, -0.1) is 0 Å². The molecule has 0 aliphatic rings. The molecule has 0 unspecified atom stereocenters. The lowest BCUT2D eigenvalue weighted by Gasteiger charge is -2.08. The number of hydrogen-bond acceptors (Lipinski definition) is 3. The van der Waals surface area contributed by atoms with Crippen LogP contribution in [0.1, 0.15) is 0 Å². The molecule has 0 atom stereocenters. The zero-order valence-corrected chi connectivity index (χ0v) is 8.52. The molecule has 0 fully saturated rings. The van der Waals surface area contributed by atoms with Crippen molar-refractivity contribution in [3.05, 3.63) is 48.0 Å². The topological polar surface area (TPSA) is 49.7 Å². The van der Waals surface area contributed by atoms with E-state index in [-0.39, 0.29) is 11.5 Å². The molecule has 0 spiro atoms. The normalized spacial score (nSPS) is 10.2. The number of phenols is 2. The van der Waals surface area contributed by atoms with Crippen molar-refractivity contribution in [1.29, 1.82) is 0 Å². The van der Waals surface area contributed by atoms with E-state index in [9.17, 15) is 8.78 Å². The maximum absolute atomic E-state index is 13.3. The highest BCUT2D eigenvalue weighted by Gasteiger charge is 2.13. The van der Waals surface area contributed by atoms with Gasteiger partial charge in [0.05, 0.1) is 0 Å². The second kappa shape index (κ2) is 4.29. The SMILES string of the molecule is Oc1ccc(Oc2c(F)cc(O)cc2F)cc1. The lowest BCUT2D eigenvalue weighted by atomic mass is 10.3. The van der Waals surface area contributed by atoms with E-state index in [1.165, 1.54) is 24.3 Å². The minimum atomic E-state index is -1.00. The Morgan fingerprint density at radius 2 is 1.35 bits per heavy atom. The van der Waals surface area contributed by atoms with Crippen molar-refractivity contribution in [3.63, 3.8) is 0 Å². The number of ether oxygens (including phenoxy) is 1. The Labute approximate surface area is 95.5 Å². The summed E-state index contributed by atoms with van der Waals surface area (Å²) in [5.41, 5.74) is 0. The van der Waals surface area contributed by atoms with Crippen LogP contribution in [0.5, 0.6) is 23.0 Å². The number of hydrogen-bond donors (Lipinski definition) is 2. The molecule has 0 saturated heterocycles. The lowest BCUT2D eigenvalue weighted by molar-refractivity contribution is 0.395. The Bertz CT molecular complexity index is 515. The van der Waals surface area contributed by atoms with E-state index < -0.39 is 23.1 Å². The zero-order valence-electron chi connectivity index (χ0n) is 8.52. The third-order valence-electron chi connectivity index (χ3n) is 2.04. The fraction of sp³-hybridized carbons (Fsp3) is 0. The minimum Gasteiger partial charge on any atom is -0.508 e. The molecule has 0 amide bonds. The highest BCUT2D eigenvalue weighted by molar-refractivity contribution is 5.39. The molecule has 2 aromatic rings. The summed E-state index contributed by atoms with van der Waals surface area (Å²) in [7, 11) is 0. The van der Waals surface area contributed by atoms with Crippen LogP contribution in [0.2, 0.25) is 0 Å². The first kappa shape index (κ1) is 11.2. The van der Waals surface area contributed by atoms with E-state index >= 15 is 0 Å². The monoisotopic (exact) mass is 238 g/mol. The molecule has 5 heteroatoms. The second-order valence-electron chi connectivity index (χ2n) is 3.33. The van der Waals surface area contributed by atoms with Gasteiger partial charge in [-0.1, -0.05) is 0 Å². The van der Waals surface area contributed by atoms with Crippen molar-refractivity contribution in [2.24, 2.45) is 0 Å². The molecule has 0 heterocycles. The first-order valence-electron chi connectivity index (χ1n) is 4.71. The third kappa shape index (κ3) is 2.44. The van der Waals surface area contributed by atoms with Gasteiger partial charge in [-0.2, -0.15) is 0 Å². The van der Waals surface area contributed by atoms with Crippen LogP contribution in [0, 0.1) is 11.6 Å². The maximum atomic E-state index is 13.3. The van der Waals surface area contributed by atoms with E-state index in [0.717, 1.165) is 12.1 Å². The Balaban J connectivity index is 2.33. The van der Waals surface area contributed by atoms with Crippen LogP contribution in [0.3, 0.4) is 0 Å². The van der Waals surface area contributed by atoms with Crippen LogP contribution >= 0.6 is 0 Å². The van der Waals surface area contributed by atoms with Gasteiger partial charge in [0.15, 0.2) is 17.4 Å². The van der Waals surface area contributed by atoms with Crippen LogP contribution in [-0.2, 0) is 0 Å². The van der Waals surface area contributed by atoms with Gasteiger partial charge in [0.2, 0.25) is 0 Å². The fourth-order valence-corrected chi connectivity index (χ4v) is 1.28. The van der Waals surface area contributed by atoms with Gasteiger partial charge in [-0.3, -0.25) is 0 Å². The van der Waals surface area contributed by atoms with Crippen LogP contribution in [-0.4, -0.2) is 10.2 Å². The van der Waals surface area contributed by atoms with Crippen molar-refractivity contribution < 1.29 is 23.7 Å². The third-order valence-corrected chi connectivity index (χ3v) is 2.04. The number of phenolic OH excluding ortho intramolecular Hbond substituents is 2. The first-order chi connectivity index (χ1) is 8.06. The van der Waals surface area contributed by atoms with Gasteiger partial charge >= 0.3 is 0 Å². The fourth-order valence-electron chi connectivity index (χ4n) is 1.28. The van der Waals surface area contributed by atoms with Crippen molar-refractivity contribution in [2.75, 3.05) is 0 Å². The summed E-state index contributed by atoms with van der Waals surface area (Å²) in [6, 6.07) is 6.87. The van der Waals surface area contributed by atoms with Gasteiger partial charge in [-0.05, 0) is 24.3 Å². The molecule has 2 aromatic carbocycles. The summed E-state index contributed by atoms with van der Waals surface area (Å²) in [4.78, 5) is 0. The van der Waals surface area contributed by atoms with E-state index in [4.69, 9.17) is 14.9 Å². The number of benzene rings is 2. The molecule has 88 valence electrons. The van der Waals surface area contributed by atoms with Gasteiger partial charge in [0.1, 0.15) is 17.2 Å². The Morgan fingerprint density at radius 1 is 0.824 bits per heavy atom. The minimum absolute atomic E-state index is 0.0176. The van der Waals surface area contributed by atoms with Crippen LogP contribution in [0.15, 0.2) is 36.4 Å². The summed E-state index contributed by atoms with van der Waals surface area (Å²) in [6.45, 7) is 0. The lowest BCUT2D eigenvalue weighted by Crippen LogP contribution is -1.92. The van der Waals surface area contributed by atoms with Gasteiger partial charge in [-0.25, -0.2) is 8.78 Å². The molecule has 0 bridgehead atoms. The van der Waals surface area contributed by atoms with Crippen molar-refractivity contribution >= 4 is 0 Å². The predicted octanol–water partition coefficient (Wildman–Crippen LogP) is 3.17. The van der Waals surface area contributed by atoms with E-state index in [2.05, 4.69) is 0 Å². The molecule has 2 N–H and O–H groups in total. The van der Waals surface area contributed by atoms with Gasteiger partial charge in [0, 0.05) is 12.1 Å². The van der Waals surface area contributed by atoms with E-state index in [0.29, 0.717) is 0 Å². The molecule has 0 aliphatic carbocycles. The molecule has 2 rings (SSSR count). The smallest absolute Gasteiger partial charge is 0.198 e. The molecule has 0 aromatic heterocycles. The number of halogens is 2. The summed E-state index contributed by atoms with van der Waals surface area (Å²) >= 11 is 0. The largest absolute Gasteiger partial charge is 0.508 e. The summed E-state index contributed by atoms with van der Waals surface area (Å²) < 4.78 is 31.6. The second-order valence-corrected chi connectivity index (χ2v) is 3.33. The number of rotatable bonds is 2. The van der Waals surface area contributed by atoms with Crippen LogP contribution in [0.4, 0.5) is 8.78 Å². The molecule has 3 nitrogen and oxygen atoms in total. The molecule has 0 saturated carbocycles. The molecule has 0 radical (unpaired) electrons. The summed E-state index contributed by atoms with van der Waals surface area (Å²) in [6.07, 6.45) is 0. The summed E-state index contributed by atoms with van der Waals surface area (Å²) in [5, 5.41) is 18.0. The average Bonchev–Trinajstić information content (AvgIpc) is 2.26. The molecular weight excluding hydrogens is 230 g/mol. The highest BCUT2D eigenvalue weighted by Crippen LogP contribution is 2.31. The highest BCUT2D eigenvalue weighted by atomic mass is 19.1. The molecular formula is C12H8F2O3. The van der Waals surface area contributed by atoms with Crippen LogP contribution < -0.4 is 4.74 Å². The Morgan fingerprint density at radius 3 is 1.88 bits per heavy atom. The van der Waals surface area contributed by atoms with Gasteiger partial charge < -0.3 is 14.9 Å². The van der Waals surface area contributed by atoms with Crippen LogP contribution in [0.25, 0.3) is 0 Å². The Kier molecular flexibility index (Phi) is 2.82.